The lowest BCUT2D eigenvalue weighted by Crippen LogP contribution is -2.29. The molecule has 2 fully saturated rings. The van der Waals surface area contributed by atoms with Gasteiger partial charge in [0, 0.05) is 13.0 Å². The van der Waals surface area contributed by atoms with Crippen LogP contribution in [0.15, 0.2) is 18.2 Å². The Morgan fingerprint density at radius 2 is 1.92 bits per heavy atom. The summed E-state index contributed by atoms with van der Waals surface area (Å²) in [5.74, 6) is 2.38. The molecule has 2 aliphatic rings. The minimum atomic E-state index is 0.137. The van der Waals surface area contributed by atoms with Crippen molar-refractivity contribution in [2.45, 2.75) is 64.0 Å². The highest BCUT2D eigenvalue weighted by atomic mass is 16.5. The molecule has 1 aromatic rings. The standard InChI is InChI=1S/C21H32N2O3/c1-25-19-8-6-17(14-20(19)26-18-4-2-3-5-18)15-23-21(24)9-7-16-10-12-22-13-11-16/h6,8,14,16,18,22H,2-5,7,9-13,15H2,1H3,(H,23,24). The van der Waals surface area contributed by atoms with Crippen LogP contribution in [0.2, 0.25) is 0 Å². The average molecular weight is 360 g/mol. The summed E-state index contributed by atoms with van der Waals surface area (Å²) >= 11 is 0. The van der Waals surface area contributed by atoms with E-state index in [0.717, 1.165) is 49.4 Å². The molecule has 1 saturated carbocycles. The fourth-order valence-corrected chi connectivity index (χ4v) is 3.90. The molecule has 0 bridgehead atoms. The van der Waals surface area contributed by atoms with Crippen LogP contribution in [-0.4, -0.2) is 32.2 Å². The minimum Gasteiger partial charge on any atom is -0.493 e. The number of ether oxygens (including phenoxy) is 2. The van der Waals surface area contributed by atoms with Gasteiger partial charge in [0.1, 0.15) is 0 Å². The van der Waals surface area contributed by atoms with Gasteiger partial charge in [-0.1, -0.05) is 6.07 Å². The van der Waals surface area contributed by atoms with E-state index in [4.69, 9.17) is 9.47 Å². The molecule has 5 nitrogen and oxygen atoms in total. The van der Waals surface area contributed by atoms with Gasteiger partial charge in [0.15, 0.2) is 11.5 Å². The first-order valence-electron chi connectivity index (χ1n) is 10.1. The van der Waals surface area contributed by atoms with Crippen molar-refractivity contribution in [1.29, 1.82) is 0 Å². The maximum absolute atomic E-state index is 12.2. The van der Waals surface area contributed by atoms with E-state index in [1.54, 1.807) is 7.11 Å². The Morgan fingerprint density at radius 1 is 1.15 bits per heavy atom. The van der Waals surface area contributed by atoms with E-state index in [1.165, 1.54) is 25.7 Å². The van der Waals surface area contributed by atoms with Crippen LogP contribution in [0.1, 0.15) is 56.9 Å². The van der Waals surface area contributed by atoms with Crippen molar-refractivity contribution in [3.8, 4) is 11.5 Å². The predicted octanol–water partition coefficient (Wildman–Crippen LogP) is 3.41. The third-order valence-corrected chi connectivity index (χ3v) is 5.55. The first kappa shape index (κ1) is 19.0. The molecule has 144 valence electrons. The number of methoxy groups -OCH3 is 1. The zero-order chi connectivity index (χ0) is 18.2. The molecule has 3 rings (SSSR count). The van der Waals surface area contributed by atoms with Gasteiger partial charge >= 0.3 is 0 Å². The van der Waals surface area contributed by atoms with Crippen molar-refractivity contribution in [2.75, 3.05) is 20.2 Å². The Morgan fingerprint density at radius 3 is 2.65 bits per heavy atom. The van der Waals surface area contributed by atoms with Crippen molar-refractivity contribution < 1.29 is 14.3 Å². The van der Waals surface area contributed by atoms with Gasteiger partial charge in [0.25, 0.3) is 0 Å². The molecule has 2 N–H and O–H groups in total. The first-order valence-corrected chi connectivity index (χ1v) is 10.1. The molecule has 1 amide bonds. The third-order valence-electron chi connectivity index (χ3n) is 5.55. The zero-order valence-electron chi connectivity index (χ0n) is 15.9. The zero-order valence-corrected chi connectivity index (χ0v) is 15.9. The maximum atomic E-state index is 12.2. The number of nitrogens with one attached hydrogen (secondary N) is 2. The van der Waals surface area contributed by atoms with E-state index in [-0.39, 0.29) is 5.91 Å². The van der Waals surface area contributed by atoms with E-state index < -0.39 is 0 Å². The lowest BCUT2D eigenvalue weighted by atomic mass is 9.93. The molecular weight excluding hydrogens is 328 g/mol. The van der Waals surface area contributed by atoms with Crippen LogP contribution in [0.4, 0.5) is 0 Å². The van der Waals surface area contributed by atoms with Gasteiger partial charge in [0.05, 0.1) is 13.2 Å². The molecule has 0 atom stereocenters. The quantitative estimate of drug-likeness (QED) is 0.746. The van der Waals surface area contributed by atoms with Crippen LogP contribution in [0.3, 0.4) is 0 Å². The molecule has 0 radical (unpaired) electrons. The molecule has 1 saturated heterocycles. The highest BCUT2D eigenvalue weighted by Crippen LogP contribution is 2.32. The van der Waals surface area contributed by atoms with Crippen LogP contribution >= 0.6 is 0 Å². The molecule has 1 heterocycles. The molecule has 1 aliphatic carbocycles. The van der Waals surface area contributed by atoms with Gasteiger partial charge in [-0.3, -0.25) is 4.79 Å². The number of hydrogen-bond donors (Lipinski definition) is 2. The van der Waals surface area contributed by atoms with Gasteiger partial charge in [-0.15, -0.1) is 0 Å². The van der Waals surface area contributed by atoms with Gasteiger partial charge in [0.2, 0.25) is 5.91 Å². The Labute approximate surface area is 156 Å². The van der Waals surface area contributed by atoms with Gasteiger partial charge in [-0.05, 0) is 81.6 Å². The molecule has 0 unspecified atom stereocenters. The van der Waals surface area contributed by atoms with Crippen LogP contribution in [-0.2, 0) is 11.3 Å². The molecule has 1 aromatic carbocycles. The number of rotatable bonds is 8. The second-order valence-electron chi connectivity index (χ2n) is 7.52. The summed E-state index contributed by atoms with van der Waals surface area (Å²) in [4.78, 5) is 12.2. The van der Waals surface area contributed by atoms with Crippen molar-refractivity contribution in [3.63, 3.8) is 0 Å². The molecule has 26 heavy (non-hydrogen) atoms. The SMILES string of the molecule is COc1ccc(CNC(=O)CCC2CCNCC2)cc1OC1CCCC1. The fourth-order valence-electron chi connectivity index (χ4n) is 3.90. The van der Waals surface area contributed by atoms with Crippen LogP contribution in [0.25, 0.3) is 0 Å². The first-order chi connectivity index (χ1) is 12.7. The Kier molecular flexibility index (Phi) is 7.18. The van der Waals surface area contributed by atoms with Crippen molar-refractivity contribution >= 4 is 5.91 Å². The Bertz CT molecular complexity index is 579. The molecule has 5 heteroatoms. The molecular formula is C21H32N2O3. The Hall–Kier alpha value is -1.75. The van der Waals surface area contributed by atoms with Gasteiger partial charge < -0.3 is 20.1 Å². The molecule has 0 spiro atoms. The van der Waals surface area contributed by atoms with E-state index >= 15 is 0 Å². The largest absolute Gasteiger partial charge is 0.493 e. The second kappa shape index (κ2) is 9.81. The lowest BCUT2D eigenvalue weighted by Gasteiger charge is -2.22. The maximum Gasteiger partial charge on any atom is 0.220 e. The minimum absolute atomic E-state index is 0.137. The highest BCUT2D eigenvalue weighted by Gasteiger charge is 2.19. The van der Waals surface area contributed by atoms with E-state index in [1.807, 2.05) is 18.2 Å². The summed E-state index contributed by atoms with van der Waals surface area (Å²) < 4.78 is 11.6. The lowest BCUT2D eigenvalue weighted by molar-refractivity contribution is -0.121. The number of carbonyl (C=O) groups excluding carboxylic acids is 1. The molecule has 1 aliphatic heterocycles. The smallest absolute Gasteiger partial charge is 0.220 e. The summed E-state index contributed by atoms with van der Waals surface area (Å²) in [5.41, 5.74) is 1.05. The van der Waals surface area contributed by atoms with Crippen molar-refractivity contribution in [1.82, 2.24) is 10.6 Å². The summed E-state index contributed by atoms with van der Waals surface area (Å²) in [7, 11) is 1.67. The summed E-state index contributed by atoms with van der Waals surface area (Å²) in [6.07, 6.45) is 8.97. The predicted molar refractivity (Wildman–Crippen MR) is 103 cm³/mol. The number of carbonyl (C=O) groups is 1. The van der Waals surface area contributed by atoms with Gasteiger partial charge in [-0.2, -0.15) is 0 Å². The van der Waals surface area contributed by atoms with E-state index in [2.05, 4.69) is 10.6 Å². The second-order valence-corrected chi connectivity index (χ2v) is 7.52. The number of piperidine rings is 1. The fraction of sp³-hybridized carbons (Fsp3) is 0.667. The summed E-state index contributed by atoms with van der Waals surface area (Å²) in [6, 6.07) is 5.93. The third kappa shape index (κ3) is 5.63. The summed E-state index contributed by atoms with van der Waals surface area (Å²) in [5, 5.41) is 6.41. The topological polar surface area (TPSA) is 59.6 Å². The summed E-state index contributed by atoms with van der Waals surface area (Å²) in [6.45, 7) is 2.71. The average Bonchev–Trinajstić information content (AvgIpc) is 3.19. The monoisotopic (exact) mass is 360 g/mol. The Balaban J connectivity index is 1.47. The van der Waals surface area contributed by atoms with Crippen LogP contribution in [0, 0.1) is 5.92 Å². The van der Waals surface area contributed by atoms with Gasteiger partial charge in [-0.25, -0.2) is 0 Å². The molecule has 0 aromatic heterocycles. The van der Waals surface area contributed by atoms with E-state index in [9.17, 15) is 4.79 Å². The highest BCUT2D eigenvalue weighted by molar-refractivity contribution is 5.75. The van der Waals surface area contributed by atoms with Crippen LogP contribution < -0.4 is 20.1 Å². The number of amides is 1. The normalized spacial score (nSPS) is 18.7. The number of hydrogen-bond acceptors (Lipinski definition) is 4. The number of benzene rings is 1. The van der Waals surface area contributed by atoms with Crippen molar-refractivity contribution in [3.05, 3.63) is 23.8 Å². The van der Waals surface area contributed by atoms with Crippen molar-refractivity contribution in [2.24, 2.45) is 5.92 Å². The van der Waals surface area contributed by atoms with Crippen LogP contribution in [0.5, 0.6) is 11.5 Å². The van der Waals surface area contributed by atoms with E-state index in [0.29, 0.717) is 25.0 Å².